The third-order valence-corrected chi connectivity index (χ3v) is 6.21. The molecule has 148 valence electrons. The molecule has 2 N–H and O–H groups in total. The van der Waals surface area contributed by atoms with Crippen molar-refractivity contribution < 1.29 is 23.1 Å². The van der Waals surface area contributed by atoms with E-state index in [0.717, 1.165) is 5.56 Å². The third-order valence-electron chi connectivity index (χ3n) is 4.31. The SMILES string of the molecule is CC(=NNC(=O)c1cccc(S(=O)(=O)N2CCOCC2)c1)c1ccc(O)cc1. The molecule has 0 aromatic heterocycles. The Morgan fingerprint density at radius 1 is 1.11 bits per heavy atom. The number of nitrogens with zero attached hydrogens (tertiary/aromatic N) is 2. The summed E-state index contributed by atoms with van der Waals surface area (Å²) in [4.78, 5) is 12.5. The lowest BCUT2D eigenvalue weighted by Crippen LogP contribution is -2.40. The van der Waals surface area contributed by atoms with Crippen LogP contribution in [0, 0.1) is 0 Å². The van der Waals surface area contributed by atoms with Crippen molar-refractivity contribution in [2.24, 2.45) is 5.10 Å². The van der Waals surface area contributed by atoms with Crippen molar-refractivity contribution in [1.29, 1.82) is 0 Å². The zero-order valence-electron chi connectivity index (χ0n) is 15.3. The monoisotopic (exact) mass is 403 g/mol. The fraction of sp³-hybridized carbons (Fsp3) is 0.263. The van der Waals surface area contributed by atoms with Gasteiger partial charge in [-0.3, -0.25) is 4.79 Å². The van der Waals surface area contributed by atoms with Crippen LogP contribution in [-0.2, 0) is 14.8 Å². The molecule has 2 aromatic rings. The number of aromatic hydroxyl groups is 1. The van der Waals surface area contributed by atoms with Crippen LogP contribution in [0.2, 0.25) is 0 Å². The van der Waals surface area contributed by atoms with Crippen molar-refractivity contribution in [2.45, 2.75) is 11.8 Å². The van der Waals surface area contributed by atoms with Crippen LogP contribution in [-0.4, -0.2) is 55.8 Å². The Labute approximate surface area is 163 Å². The molecule has 1 amide bonds. The van der Waals surface area contributed by atoms with Crippen LogP contribution in [0.1, 0.15) is 22.8 Å². The summed E-state index contributed by atoms with van der Waals surface area (Å²) in [5.41, 5.74) is 3.90. The molecule has 1 saturated heterocycles. The van der Waals surface area contributed by atoms with E-state index >= 15 is 0 Å². The Bertz CT molecular complexity index is 981. The molecule has 1 aliphatic rings. The summed E-state index contributed by atoms with van der Waals surface area (Å²) in [6, 6.07) is 12.3. The molecule has 0 unspecified atom stereocenters. The number of phenols is 1. The minimum absolute atomic E-state index is 0.0567. The van der Waals surface area contributed by atoms with E-state index in [2.05, 4.69) is 10.5 Å². The van der Waals surface area contributed by atoms with Gasteiger partial charge in [0.2, 0.25) is 10.0 Å². The van der Waals surface area contributed by atoms with Gasteiger partial charge in [-0.15, -0.1) is 0 Å². The van der Waals surface area contributed by atoms with Crippen LogP contribution in [0.25, 0.3) is 0 Å². The lowest BCUT2D eigenvalue weighted by molar-refractivity contribution is 0.0730. The second-order valence-corrected chi connectivity index (χ2v) is 8.17. The summed E-state index contributed by atoms with van der Waals surface area (Å²) >= 11 is 0. The first kappa shape index (κ1) is 20.0. The average molecular weight is 403 g/mol. The van der Waals surface area contributed by atoms with E-state index < -0.39 is 15.9 Å². The maximum Gasteiger partial charge on any atom is 0.271 e. The number of hydrogen-bond acceptors (Lipinski definition) is 6. The summed E-state index contributed by atoms with van der Waals surface area (Å²) in [5.74, 6) is -0.379. The number of carbonyl (C=O) groups excluding carboxylic acids is 1. The molecule has 9 heteroatoms. The highest BCUT2D eigenvalue weighted by Crippen LogP contribution is 2.18. The zero-order valence-corrected chi connectivity index (χ0v) is 16.1. The van der Waals surface area contributed by atoms with E-state index in [1.54, 1.807) is 19.1 Å². The van der Waals surface area contributed by atoms with Crippen LogP contribution < -0.4 is 5.43 Å². The van der Waals surface area contributed by atoms with Gasteiger partial charge in [-0.2, -0.15) is 9.41 Å². The van der Waals surface area contributed by atoms with Gasteiger partial charge in [-0.1, -0.05) is 6.07 Å². The summed E-state index contributed by atoms with van der Waals surface area (Å²) in [6.45, 7) is 2.99. The lowest BCUT2D eigenvalue weighted by atomic mass is 10.1. The number of morpholine rings is 1. The minimum atomic E-state index is -3.68. The van der Waals surface area contributed by atoms with Crippen molar-refractivity contribution in [3.63, 3.8) is 0 Å². The Hall–Kier alpha value is -2.75. The Balaban J connectivity index is 1.75. The van der Waals surface area contributed by atoms with Crippen LogP contribution >= 0.6 is 0 Å². The van der Waals surface area contributed by atoms with E-state index in [0.29, 0.717) is 18.9 Å². The quantitative estimate of drug-likeness (QED) is 0.582. The molecule has 3 rings (SSSR count). The molecule has 1 aliphatic heterocycles. The molecule has 1 fully saturated rings. The highest BCUT2D eigenvalue weighted by atomic mass is 32.2. The fourth-order valence-electron chi connectivity index (χ4n) is 2.70. The van der Waals surface area contributed by atoms with Gasteiger partial charge >= 0.3 is 0 Å². The van der Waals surface area contributed by atoms with Gasteiger partial charge in [0.05, 0.1) is 23.8 Å². The van der Waals surface area contributed by atoms with E-state index in [1.807, 2.05) is 0 Å². The van der Waals surface area contributed by atoms with Gasteiger partial charge < -0.3 is 9.84 Å². The molecule has 2 aromatic carbocycles. The summed E-state index contributed by atoms with van der Waals surface area (Å²) in [7, 11) is -3.68. The van der Waals surface area contributed by atoms with E-state index in [4.69, 9.17) is 4.74 Å². The Morgan fingerprint density at radius 3 is 2.46 bits per heavy atom. The van der Waals surface area contributed by atoms with Crippen molar-refractivity contribution in [3.8, 4) is 5.75 Å². The smallest absolute Gasteiger partial charge is 0.271 e. The van der Waals surface area contributed by atoms with E-state index in [-0.39, 0.29) is 29.3 Å². The number of ether oxygens (including phenoxy) is 1. The molecule has 0 atom stereocenters. The van der Waals surface area contributed by atoms with Crippen molar-refractivity contribution in [2.75, 3.05) is 26.3 Å². The molecule has 0 radical (unpaired) electrons. The second-order valence-electron chi connectivity index (χ2n) is 6.23. The molecule has 0 bridgehead atoms. The molecule has 28 heavy (non-hydrogen) atoms. The van der Waals surface area contributed by atoms with E-state index in [9.17, 15) is 18.3 Å². The third kappa shape index (κ3) is 4.56. The van der Waals surface area contributed by atoms with Crippen molar-refractivity contribution >= 4 is 21.6 Å². The maximum absolute atomic E-state index is 12.7. The zero-order chi connectivity index (χ0) is 20.1. The van der Waals surface area contributed by atoms with Gasteiger partial charge in [0.1, 0.15) is 5.75 Å². The summed E-state index contributed by atoms with van der Waals surface area (Å²) in [6.07, 6.45) is 0. The first-order valence-corrected chi connectivity index (χ1v) is 10.1. The maximum atomic E-state index is 12.7. The fourth-order valence-corrected chi connectivity index (χ4v) is 4.15. The number of sulfonamides is 1. The highest BCUT2D eigenvalue weighted by Gasteiger charge is 2.26. The van der Waals surface area contributed by atoms with Crippen molar-refractivity contribution in [1.82, 2.24) is 9.73 Å². The molecule has 0 aliphatic carbocycles. The molecular formula is C19H21N3O5S. The number of benzene rings is 2. The normalized spacial score (nSPS) is 16.0. The molecule has 1 heterocycles. The van der Waals surface area contributed by atoms with Gasteiger partial charge in [0, 0.05) is 18.7 Å². The minimum Gasteiger partial charge on any atom is -0.508 e. The first-order valence-electron chi connectivity index (χ1n) is 8.70. The van der Waals surface area contributed by atoms with Crippen LogP contribution in [0.4, 0.5) is 0 Å². The van der Waals surface area contributed by atoms with Gasteiger partial charge in [-0.25, -0.2) is 13.8 Å². The second kappa shape index (κ2) is 8.51. The van der Waals surface area contributed by atoms with Crippen LogP contribution in [0.5, 0.6) is 5.75 Å². The highest BCUT2D eigenvalue weighted by molar-refractivity contribution is 7.89. The largest absolute Gasteiger partial charge is 0.508 e. The number of phenolic OH excluding ortho intramolecular Hbond substituents is 1. The summed E-state index contributed by atoms with van der Waals surface area (Å²) < 4.78 is 32.0. The topological polar surface area (TPSA) is 108 Å². The number of amides is 1. The number of rotatable bonds is 5. The molecule has 8 nitrogen and oxygen atoms in total. The van der Waals surface area contributed by atoms with Gasteiger partial charge in [0.15, 0.2) is 0 Å². The number of hydrazone groups is 1. The van der Waals surface area contributed by atoms with Crippen LogP contribution in [0.3, 0.4) is 0 Å². The Morgan fingerprint density at radius 2 is 1.79 bits per heavy atom. The molecule has 0 spiro atoms. The Kier molecular flexibility index (Phi) is 6.08. The molecular weight excluding hydrogens is 382 g/mol. The number of hydrogen-bond donors (Lipinski definition) is 2. The lowest BCUT2D eigenvalue weighted by Gasteiger charge is -2.26. The average Bonchev–Trinajstić information content (AvgIpc) is 2.73. The van der Waals surface area contributed by atoms with E-state index in [1.165, 1.54) is 40.7 Å². The summed E-state index contributed by atoms with van der Waals surface area (Å²) in [5, 5.41) is 13.4. The first-order chi connectivity index (χ1) is 13.4. The predicted molar refractivity (Wildman–Crippen MR) is 104 cm³/mol. The van der Waals surface area contributed by atoms with Crippen molar-refractivity contribution in [3.05, 3.63) is 59.7 Å². The van der Waals surface area contributed by atoms with Crippen LogP contribution in [0.15, 0.2) is 58.5 Å². The number of nitrogens with one attached hydrogen (secondary N) is 1. The standard InChI is InChI=1S/C19H21N3O5S/c1-14(15-5-7-17(23)8-6-15)20-21-19(24)16-3-2-4-18(13-16)28(25,26)22-9-11-27-12-10-22/h2-8,13,23H,9-12H2,1H3,(H,21,24). The predicted octanol–water partition coefficient (Wildman–Crippen LogP) is 1.57. The van der Waals surface area contributed by atoms with Gasteiger partial charge in [-0.05, 0) is 55.0 Å². The number of carbonyl (C=O) groups is 1. The molecule has 0 saturated carbocycles. The van der Waals surface area contributed by atoms with Gasteiger partial charge in [0.25, 0.3) is 5.91 Å².